The molecule has 1 aromatic carbocycles. The number of carboxylic acid groups (broad SMARTS) is 1. The molecule has 1 fully saturated rings. The number of aliphatic carboxylic acids is 1. The van der Waals surface area contributed by atoms with Crippen molar-refractivity contribution < 1.29 is 14.7 Å². The van der Waals surface area contributed by atoms with Crippen LogP contribution in [-0.4, -0.2) is 23.5 Å². The van der Waals surface area contributed by atoms with E-state index < -0.39 is 17.8 Å². The summed E-state index contributed by atoms with van der Waals surface area (Å²) >= 11 is 12.1. The minimum atomic E-state index is -1.10. The molecule has 0 radical (unpaired) electrons. The minimum Gasteiger partial charge on any atom is -0.481 e. The summed E-state index contributed by atoms with van der Waals surface area (Å²) in [6, 6.07) is 3.27. The van der Waals surface area contributed by atoms with Crippen molar-refractivity contribution in [2.75, 3.05) is 11.4 Å². The summed E-state index contributed by atoms with van der Waals surface area (Å²) in [5, 5.41) is 9.81. The van der Waals surface area contributed by atoms with Crippen LogP contribution in [0.15, 0.2) is 12.1 Å². The Morgan fingerprint density at radius 3 is 2.61 bits per heavy atom. The van der Waals surface area contributed by atoms with E-state index >= 15 is 0 Å². The van der Waals surface area contributed by atoms with Crippen molar-refractivity contribution in [3.8, 4) is 0 Å². The highest BCUT2D eigenvalue weighted by molar-refractivity contribution is 6.36. The average Bonchev–Trinajstić information content (AvgIpc) is 2.66. The normalized spacial score (nSPS) is 19.4. The van der Waals surface area contributed by atoms with E-state index in [9.17, 15) is 9.59 Å². The molecule has 2 rings (SSSR count). The monoisotopic (exact) mass is 287 g/mol. The molecule has 1 saturated heterocycles. The maximum atomic E-state index is 11.9. The molecule has 0 bridgehead atoms. The molecule has 4 nitrogen and oxygen atoms in total. The molecule has 6 heteroatoms. The van der Waals surface area contributed by atoms with Gasteiger partial charge in [0, 0.05) is 11.6 Å². The van der Waals surface area contributed by atoms with Gasteiger partial charge in [-0.25, -0.2) is 0 Å². The fourth-order valence-electron chi connectivity index (χ4n) is 1.99. The molecule has 0 spiro atoms. The summed E-state index contributed by atoms with van der Waals surface area (Å²) in [5.74, 6) is -2.53. The third kappa shape index (κ3) is 2.18. The topological polar surface area (TPSA) is 57.6 Å². The summed E-state index contributed by atoms with van der Waals surface area (Å²) in [5.41, 5.74) is 1.29. The molecule has 0 aromatic heterocycles. The Morgan fingerprint density at radius 1 is 1.39 bits per heavy atom. The van der Waals surface area contributed by atoms with Crippen LogP contribution in [0.3, 0.4) is 0 Å². The Morgan fingerprint density at radius 2 is 2.06 bits per heavy atom. The second kappa shape index (κ2) is 4.78. The van der Waals surface area contributed by atoms with Gasteiger partial charge in [0.2, 0.25) is 5.91 Å². The number of aryl methyl sites for hydroxylation is 1. The predicted molar refractivity (Wildman–Crippen MR) is 69.3 cm³/mol. The zero-order valence-corrected chi connectivity index (χ0v) is 11.1. The van der Waals surface area contributed by atoms with Gasteiger partial charge in [-0.2, -0.15) is 0 Å². The molecular formula is C12H11Cl2NO3. The number of halogens is 2. The van der Waals surface area contributed by atoms with Crippen molar-refractivity contribution >= 4 is 40.8 Å². The lowest BCUT2D eigenvalue weighted by molar-refractivity contribution is -0.144. The van der Waals surface area contributed by atoms with E-state index in [4.69, 9.17) is 28.3 Å². The molecule has 1 aliphatic rings. The standard InChI is InChI=1S/C12H11Cl2NO3/c1-6-4-9(14)10(5-8(6)13)15-3-2-7(11(15)16)12(17)18/h4-5,7H,2-3H2,1H3,(H,17,18). The van der Waals surface area contributed by atoms with Gasteiger partial charge in [-0.15, -0.1) is 0 Å². The first-order valence-electron chi connectivity index (χ1n) is 5.41. The van der Waals surface area contributed by atoms with E-state index in [-0.39, 0.29) is 6.42 Å². The molecule has 18 heavy (non-hydrogen) atoms. The largest absolute Gasteiger partial charge is 0.481 e. The van der Waals surface area contributed by atoms with E-state index in [0.717, 1.165) is 5.56 Å². The number of benzene rings is 1. The number of carbonyl (C=O) groups is 2. The van der Waals surface area contributed by atoms with Gasteiger partial charge in [-0.05, 0) is 31.0 Å². The van der Waals surface area contributed by atoms with Crippen molar-refractivity contribution in [2.24, 2.45) is 5.92 Å². The molecule has 96 valence electrons. The fourth-order valence-corrected chi connectivity index (χ4v) is 2.47. The van der Waals surface area contributed by atoms with Gasteiger partial charge in [0.1, 0.15) is 5.92 Å². The smallest absolute Gasteiger partial charge is 0.316 e. The minimum absolute atomic E-state index is 0.288. The highest BCUT2D eigenvalue weighted by Crippen LogP contribution is 2.35. The predicted octanol–water partition coefficient (Wildman–Crippen LogP) is 2.74. The molecule has 1 heterocycles. The van der Waals surface area contributed by atoms with Crippen molar-refractivity contribution in [1.82, 2.24) is 0 Å². The number of hydrogen-bond donors (Lipinski definition) is 1. The van der Waals surface area contributed by atoms with Crippen LogP contribution in [0.2, 0.25) is 10.0 Å². The second-order valence-corrected chi connectivity index (χ2v) is 5.04. The quantitative estimate of drug-likeness (QED) is 0.851. The van der Waals surface area contributed by atoms with E-state index in [0.29, 0.717) is 22.3 Å². The first kappa shape index (κ1) is 13.2. The molecule has 1 atom stereocenters. The summed E-state index contributed by atoms with van der Waals surface area (Å²) < 4.78 is 0. The van der Waals surface area contributed by atoms with Gasteiger partial charge < -0.3 is 10.0 Å². The number of carbonyl (C=O) groups excluding carboxylic acids is 1. The maximum Gasteiger partial charge on any atom is 0.316 e. The Balaban J connectivity index is 2.37. The molecule has 1 aromatic rings. The Hall–Kier alpha value is -1.26. The Bertz CT molecular complexity index is 530. The van der Waals surface area contributed by atoms with Gasteiger partial charge in [-0.1, -0.05) is 23.2 Å². The van der Waals surface area contributed by atoms with Crippen molar-refractivity contribution in [3.05, 3.63) is 27.7 Å². The van der Waals surface area contributed by atoms with Crippen LogP contribution in [-0.2, 0) is 9.59 Å². The van der Waals surface area contributed by atoms with Crippen LogP contribution in [0.5, 0.6) is 0 Å². The summed E-state index contributed by atoms with van der Waals surface area (Å²) in [4.78, 5) is 24.2. The van der Waals surface area contributed by atoms with Crippen LogP contribution >= 0.6 is 23.2 Å². The highest BCUT2D eigenvalue weighted by Gasteiger charge is 2.38. The molecule has 0 aliphatic carbocycles. The van der Waals surface area contributed by atoms with Crippen LogP contribution in [0.25, 0.3) is 0 Å². The number of nitrogens with zero attached hydrogens (tertiary/aromatic N) is 1. The van der Waals surface area contributed by atoms with Crippen LogP contribution in [0.1, 0.15) is 12.0 Å². The van der Waals surface area contributed by atoms with Gasteiger partial charge in [-0.3, -0.25) is 9.59 Å². The van der Waals surface area contributed by atoms with E-state index in [1.54, 1.807) is 12.1 Å². The third-order valence-corrected chi connectivity index (χ3v) is 3.73. The molecule has 1 amide bonds. The zero-order chi connectivity index (χ0) is 13.4. The number of anilines is 1. The van der Waals surface area contributed by atoms with E-state index in [1.807, 2.05) is 6.92 Å². The number of carboxylic acids is 1. The fraction of sp³-hybridized carbons (Fsp3) is 0.333. The van der Waals surface area contributed by atoms with Gasteiger partial charge in [0.05, 0.1) is 10.7 Å². The number of amides is 1. The van der Waals surface area contributed by atoms with Gasteiger partial charge in [0.25, 0.3) is 0 Å². The highest BCUT2D eigenvalue weighted by atomic mass is 35.5. The second-order valence-electron chi connectivity index (χ2n) is 4.22. The van der Waals surface area contributed by atoms with Crippen molar-refractivity contribution in [1.29, 1.82) is 0 Å². The summed E-state index contributed by atoms with van der Waals surface area (Å²) in [6.45, 7) is 2.15. The first-order chi connectivity index (χ1) is 8.41. The third-order valence-electron chi connectivity index (χ3n) is 3.02. The summed E-state index contributed by atoms with van der Waals surface area (Å²) in [6.07, 6.45) is 0.288. The van der Waals surface area contributed by atoms with Crippen LogP contribution in [0.4, 0.5) is 5.69 Å². The Kier molecular flexibility index (Phi) is 3.50. The van der Waals surface area contributed by atoms with Crippen LogP contribution < -0.4 is 4.90 Å². The lowest BCUT2D eigenvalue weighted by atomic mass is 10.1. The SMILES string of the molecule is Cc1cc(Cl)c(N2CCC(C(=O)O)C2=O)cc1Cl. The number of hydrogen-bond acceptors (Lipinski definition) is 2. The number of rotatable bonds is 2. The maximum absolute atomic E-state index is 11.9. The molecular weight excluding hydrogens is 277 g/mol. The van der Waals surface area contributed by atoms with Crippen molar-refractivity contribution in [3.63, 3.8) is 0 Å². The van der Waals surface area contributed by atoms with Crippen molar-refractivity contribution in [2.45, 2.75) is 13.3 Å². The lowest BCUT2D eigenvalue weighted by Crippen LogP contribution is -2.30. The summed E-state index contributed by atoms with van der Waals surface area (Å²) in [7, 11) is 0. The molecule has 1 unspecified atom stereocenters. The first-order valence-corrected chi connectivity index (χ1v) is 6.17. The van der Waals surface area contributed by atoms with Gasteiger partial charge >= 0.3 is 5.97 Å². The van der Waals surface area contributed by atoms with E-state index in [1.165, 1.54) is 4.90 Å². The zero-order valence-electron chi connectivity index (χ0n) is 9.61. The molecule has 0 saturated carbocycles. The molecule has 1 N–H and O–H groups in total. The Labute approximate surface area is 114 Å². The van der Waals surface area contributed by atoms with Gasteiger partial charge in [0.15, 0.2) is 0 Å². The van der Waals surface area contributed by atoms with Crippen LogP contribution in [0, 0.1) is 12.8 Å². The molecule has 1 aliphatic heterocycles. The average molecular weight is 288 g/mol. The lowest BCUT2D eigenvalue weighted by Gasteiger charge is -2.18. The van der Waals surface area contributed by atoms with E-state index in [2.05, 4.69) is 0 Å².